The van der Waals surface area contributed by atoms with E-state index in [0.717, 1.165) is 0 Å². The van der Waals surface area contributed by atoms with Gasteiger partial charge < -0.3 is 10.2 Å². The summed E-state index contributed by atoms with van der Waals surface area (Å²) in [5, 5.41) is 11.5. The van der Waals surface area contributed by atoms with Gasteiger partial charge in [0.15, 0.2) is 0 Å². The molecule has 1 atom stereocenters. The number of benzene rings is 1. The molecule has 1 aliphatic rings. The lowest BCUT2D eigenvalue weighted by Crippen LogP contribution is -2.46. The quantitative estimate of drug-likeness (QED) is 0.934. The van der Waals surface area contributed by atoms with Gasteiger partial charge >= 0.3 is 6.18 Å². The van der Waals surface area contributed by atoms with Crippen molar-refractivity contribution in [3.8, 4) is 6.07 Å². The first-order valence-electron chi connectivity index (χ1n) is 6.98. The van der Waals surface area contributed by atoms with Crippen LogP contribution in [0.4, 0.5) is 18.9 Å². The van der Waals surface area contributed by atoms with Crippen molar-refractivity contribution in [2.75, 3.05) is 25.0 Å². The summed E-state index contributed by atoms with van der Waals surface area (Å²) in [5.74, 6) is -1.78. The van der Waals surface area contributed by atoms with Crippen molar-refractivity contribution in [3.63, 3.8) is 0 Å². The number of rotatable bonds is 3. The lowest BCUT2D eigenvalue weighted by atomic mass is 9.97. The van der Waals surface area contributed by atoms with E-state index in [2.05, 4.69) is 5.32 Å². The third kappa shape index (κ3) is 4.13. The molecule has 4 nitrogen and oxygen atoms in total. The predicted molar refractivity (Wildman–Crippen MR) is 75.0 cm³/mol. The molecule has 1 aliphatic heterocycles. The van der Waals surface area contributed by atoms with Crippen LogP contribution in [0.1, 0.15) is 18.4 Å². The maximum Gasteiger partial charge on any atom is 0.393 e. The van der Waals surface area contributed by atoms with Gasteiger partial charge in [0.25, 0.3) is 0 Å². The minimum absolute atomic E-state index is 0.0591. The summed E-state index contributed by atoms with van der Waals surface area (Å²) >= 11 is 0. The number of likely N-dealkylation sites (tertiary alicyclic amines) is 1. The lowest BCUT2D eigenvalue weighted by Gasteiger charge is -2.33. The molecule has 1 unspecified atom stereocenters. The van der Waals surface area contributed by atoms with Crippen LogP contribution in [0.2, 0.25) is 0 Å². The molecule has 7 heteroatoms. The molecule has 0 aromatic heterocycles. The highest BCUT2D eigenvalue weighted by Gasteiger charge is 2.42. The Hall–Kier alpha value is -2.23. The highest BCUT2D eigenvalue weighted by Crippen LogP contribution is 2.33. The summed E-state index contributed by atoms with van der Waals surface area (Å²) in [4.78, 5) is 13.3. The molecule has 2 rings (SSSR count). The number of halogens is 3. The second-order valence-electron chi connectivity index (χ2n) is 5.26. The van der Waals surface area contributed by atoms with Crippen LogP contribution in [-0.4, -0.2) is 36.6 Å². The molecule has 1 fully saturated rings. The van der Waals surface area contributed by atoms with Gasteiger partial charge in [-0.15, -0.1) is 0 Å². The van der Waals surface area contributed by atoms with Gasteiger partial charge in [-0.3, -0.25) is 4.79 Å². The van der Waals surface area contributed by atoms with Crippen LogP contribution < -0.4 is 5.32 Å². The number of carbonyl (C=O) groups excluding carboxylic acids is 1. The standard InChI is InChI=1S/C15H16F3N3O/c16-15(17,18)12-2-1-7-21(10-12)14(22)9-20-13-5-3-11(8-19)4-6-13/h3-6,12,20H,1-2,7,9-10H2. The Morgan fingerprint density at radius 3 is 2.64 bits per heavy atom. The number of anilines is 1. The van der Waals surface area contributed by atoms with Crippen LogP contribution >= 0.6 is 0 Å². The van der Waals surface area contributed by atoms with Crippen molar-refractivity contribution in [2.24, 2.45) is 5.92 Å². The van der Waals surface area contributed by atoms with E-state index in [9.17, 15) is 18.0 Å². The van der Waals surface area contributed by atoms with Gasteiger partial charge in [0.05, 0.1) is 24.1 Å². The molecule has 0 bridgehead atoms. The van der Waals surface area contributed by atoms with Crippen molar-refractivity contribution < 1.29 is 18.0 Å². The summed E-state index contributed by atoms with van der Waals surface area (Å²) < 4.78 is 38.2. The zero-order valence-electron chi connectivity index (χ0n) is 11.9. The van der Waals surface area contributed by atoms with Crippen molar-refractivity contribution >= 4 is 11.6 Å². The second kappa shape index (κ2) is 6.69. The van der Waals surface area contributed by atoms with Crippen LogP contribution in [0.3, 0.4) is 0 Å². The fourth-order valence-corrected chi connectivity index (χ4v) is 2.42. The summed E-state index contributed by atoms with van der Waals surface area (Å²) in [7, 11) is 0. The van der Waals surface area contributed by atoms with E-state index in [0.29, 0.717) is 24.2 Å². The van der Waals surface area contributed by atoms with Gasteiger partial charge in [-0.05, 0) is 37.1 Å². The molecule has 1 aromatic rings. The molecule has 1 amide bonds. The molecular weight excluding hydrogens is 295 g/mol. The van der Waals surface area contributed by atoms with Crippen molar-refractivity contribution in [3.05, 3.63) is 29.8 Å². The summed E-state index contributed by atoms with van der Waals surface area (Å²) in [6.45, 7) is 0.0360. The van der Waals surface area contributed by atoms with Crippen LogP contribution in [0.5, 0.6) is 0 Å². The first kappa shape index (κ1) is 16.1. The fourth-order valence-electron chi connectivity index (χ4n) is 2.42. The Balaban J connectivity index is 1.87. The van der Waals surface area contributed by atoms with E-state index in [-0.39, 0.29) is 25.4 Å². The number of amides is 1. The maximum atomic E-state index is 12.7. The highest BCUT2D eigenvalue weighted by atomic mass is 19.4. The van der Waals surface area contributed by atoms with Crippen LogP contribution in [0, 0.1) is 17.2 Å². The highest BCUT2D eigenvalue weighted by molar-refractivity contribution is 5.81. The molecular formula is C15H16F3N3O. The third-order valence-corrected chi connectivity index (χ3v) is 3.69. The second-order valence-corrected chi connectivity index (χ2v) is 5.26. The number of piperidine rings is 1. The van der Waals surface area contributed by atoms with Gasteiger partial charge in [-0.1, -0.05) is 0 Å². The number of nitrogens with zero attached hydrogens (tertiary/aromatic N) is 2. The van der Waals surface area contributed by atoms with Crippen molar-refractivity contribution in [2.45, 2.75) is 19.0 Å². The van der Waals surface area contributed by atoms with Gasteiger partial charge in [0.2, 0.25) is 5.91 Å². The zero-order valence-corrected chi connectivity index (χ0v) is 11.9. The molecule has 0 spiro atoms. The average Bonchev–Trinajstić information content (AvgIpc) is 2.52. The van der Waals surface area contributed by atoms with E-state index >= 15 is 0 Å². The Labute approximate surface area is 126 Å². The molecule has 1 saturated heterocycles. The van der Waals surface area contributed by atoms with Crippen molar-refractivity contribution in [1.82, 2.24) is 4.90 Å². The molecule has 1 heterocycles. The van der Waals surface area contributed by atoms with E-state index in [1.165, 1.54) is 4.90 Å². The molecule has 1 N–H and O–H groups in total. The third-order valence-electron chi connectivity index (χ3n) is 3.69. The summed E-state index contributed by atoms with van der Waals surface area (Å²) in [6.07, 6.45) is -3.80. The van der Waals surface area contributed by atoms with E-state index in [1.54, 1.807) is 24.3 Å². The Morgan fingerprint density at radius 2 is 2.05 bits per heavy atom. The van der Waals surface area contributed by atoms with Crippen LogP contribution in [0.25, 0.3) is 0 Å². The largest absolute Gasteiger partial charge is 0.393 e. The molecule has 0 radical (unpaired) electrons. The molecule has 0 saturated carbocycles. The van der Waals surface area contributed by atoms with Crippen LogP contribution in [-0.2, 0) is 4.79 Å². The number of carbonyl (C=O) groups is 1. The maximum absolute atomic E-state index is 12.7. The molecule has 0 aliphatic carbocycles. The average molecular weight is 311 g/mol. The Morgan fingerprint density at radius 1 is 1.36 bits per heavy atom. The zero-order chi connectivity index (χ0) is 16.2. The topological polar surface area (TPSA) is 56.1 Å². The lowest BCUT2D eigenvalue weighted by molar-refractivity contribution is -0.187. The Bertz CT molecular complexity index is 563. The van der Waals surface area contributed by atoms with Gasteiger partial charge in [-0.25, -0.2) is 0 Å². The predicted octanol–water partition coefficient (Wildman–Crippen LogP) is 2.77. The smallest absolute Gasteiger partial charge is 0.376 e. The first-order chi connectivity index (χ1) is 10.4. The normalized spacial score (nSPS) is 18.6. The fraction of sp³-hybridized carbons (Fsp3) is 0.467. The number of hydrogen-bond donors (Lipinski definition) is 1. The van der Waals surface area contributed by atoms with E-state index in [1.807, 2.05) is 6.07 Å². The van der Waals surface area contributed by atoms with Gasteiger partial charge in [0.1, 0.15) is 0 Å². The van der Waals surface area contributed by atoms with Gasteiger partial charge in [0, 0.05) is 18.8 Å². The molecule has 1 aromatic carbocycles. The first-order valence-corrected chi connectivity index (χ1v) is 6.98. The molecule has 22 heavy (non-hydrogen) atoms. The van der Waals surface area contributed by atoms with E-state index in [4.69, 9.17) is 5.26 Å². The number of nitrogens with one attached hydrogen (secondary N) is 1. The summed E-state index contributed by atoms with van der Waals surface area (Å²) in [6, 6.07) is 8.50. The van der Waals surface area contributed by atoms with Crippen LogP contribution in [0.15, 0.2) is 24.3 Å². The monoisotopic (exact) mass is 311 g/mol. The number of nitriles is 1. The Kier molecular flexibility index (Phi) is 4.91. The van der Waals surface area contributed by atoms with Crippen molar-refractivity contribution in [1.29, 1.82) is 5.26 Å². The minimum atomic E-state index is -4.25. The molecule has 118 valence electrons. The summed E-state index contributed by atoms with van der Waals surface area (Å²) in [5.41, 5.74) is 1.15. The van der Waals surface area contributed by atoms with Gasteiger partial charge in [-0.2, -0.15) is 18.4 Å². The van der Waals surface area contributed by atoms with E-state index < -0.39 is 12.1 Å². The number of alkyl halides is 3. The number of hydrogen-bond acceptors (Lipinski definition) is 3. The SMILES string of the molecule is N#Cc1ccc(NCC(=O)N2CCCC(C(F)(F)F)C2)cc1. The minimum Gasteiger partial charge on any atom is -0.376 e.